The lowest BCUT2D eigenvalue weighted by Crippen LogP contribution is -2.39. The molecule has 1 aliphatic rings. The fourth-order valence-corrected chi connectivity index (χ4v) is 5.26. The smallest absolute Gasteiger partial charge is 0.233 e. The van der Waals surface area contributed by atoms with E-state index in [0.717, 1.165) is 37.6 Å². The molecular formula is C23H25N5O2S. The van der Waals surface area contributed by atoms with E-state index >= 15 is 0 Å². The first-order chi connectivity index (χ1) is 15.2. The second kappa shape index (κ2) is 8.63. The molecule has 1 aliphatic heterocycles. The van der Waals surface area contributed by atoms with Crippen LogP contribution in [0.5, 0.6) is 0 Å². The average Bonchev–Trinajstić information content (AvgIpc) is 3.56. The Morgan fingerprint density at radius 2 is 2.03 bits per heavy atom. The lowest BCUT2D eigenvalue weighted by Gasteiger charge is -2.32. The van der Waals surface area contributed by atoms with Crippen LogP contribution in [-0.4, -0.2) is 49.4 Å². The average molecular weight is 436 g/mol. The van der Waals surface area contributed by atoms with Crippen LogP contribution in [0, 0.1) is 0 Å². The van der Waals surface area contributed by atoms with Crippen LogP contribution in [0.15, 0.2) is 58.4 Å². The van der Waals surface area contributed by atoms with Crippen molar-refractivity contribution in [1.82, 2.24) is 24.6 Å². The highest BCUT2D eigenvalue weighted by atomic mass is 32.2. The Bertz CT molecular complexity index is 1170. The summed E-state index contributed by atoms with van der Waals surface area (Å²) in [4.78, 5) is 18.2. The van der Waals surface area contributed by atoms with Crippen LogP contribution < -0.4 is 0 Å². The van der Waals surface area contributed by atoms with Gasteiger partial charge in [-0.1, -0.05) is 30.0 Å². The summed E-state index contributed by atoms with van der Waals surface area (Å²) in [6, 6.07) is 12.1. The van der Waals surface area contributed by atoms with Gasteiger partial charge in [0.15, 0.2) is 16.7 Å². The molecule has 0 bridgehead atoms. The Hall–Kier alpha value is -3.00. The number of nitrogens with one attached hydrogen (secondary N) is 1. The number of likely N-dealkylation sites (tertiary alicyclic amines) is 1. The molecular weight excluding hydrogens is 410 g/mol. The van der Waals surface area contributed by atoms with Gasteiger partial charge in [0.1, 0.15) is 0 Å². The number of carbonyl (C=O) groups excluding carboxylic acids is 1. The van der Waals surface area contributed by atoms with Crippen molar-refractivity contribution in [3.05, 3.63) is 54.4 Å². The van der Waals surface area contributed by atoms with E-state index in [1.807, 2.05) is 28.5 Å². The van der Waals surface area contributed by atoms with Gasteiger partial charge in [0, 0.05) is 36.7 Å². The van der Waals surface area contributed by atoms with Crippen LogP contribution in [0.1, 0.15) is 31.2 Å². The third kappa shape index (κ3) is 3.87. The van der Waals surface area contributed by atoms with Crippen LogP contribution in [0.25, 0.3) is 22.5 Å². The lowest BCUT2D eigenvalue weighted by atomic mass is 9.89. The number of aromatic nitrogens is 4. The number of aromatic amines is 1. The number of hydrogen-bond acceptors (Lipinski definition) is 5. The zero-order valence-corrected chi connectivity index (χ0v) is 18.3. The number of H-pyrrole nitrogens is 1. The second-order valence-electron chi connectivity index (χ2n) is 7.76. The molecule has 0 aliphatic carbocycles. The third-order valence-corrected chi connectivity index (χ3v) is 6.96. The summed E-state index contributed by atoms with van der Waals surface area (Å²) in [7, 11) is 0. The largest absolute Gasteiger partial charge is 0.461 e. The van der Waals surface area contributed by atoms with Gasteiger partial charge >= 0.3 is 0 Å². The Morgan fingerprint density at radius 1 is 1.19 bits per heavy atom. The summed E-state index contributed by atoms with van der Waals surface area (Å²) in [5, 5.41) is 10.6. The predicted molar refractivity (Wildman–Crippen MR) is 121 cm³/mol. The molecule has 1 aromatic carbocycles. The number of nitrogens with zero attached hydrogens (tertiary/aromatic N) is 4. The Morgan fingerprint density at radius 3 is 2.81 bits per heavy atom. The number of hydrogen-bond donors (Lipinski definition) is 1. The highest BCUT2D eigenvalue weighted by Gasteiger charge is 2.26. The molecule has 7 nitrogen and oxygen atoms in total. The molecule has 31 heavy (non-hydrogen) atoms. The van der Waals surface area contributed by atoms with Crippen LogP contribution in [0.4, 0.5) is 0 Å². The molecule has 1 N–H and O–H groups in total. The highest BCUT2D eigenvalue weighted by Crippen LogP contribution is 2.33. The van der Waals surface area contributed by atoms with Crippen LogP contribution in [0.3, 0.4) is 0 Å². The number of fused-ring (bicyclic) bond motifs is 1. The summed E-state index contributed by atoms with van der Waals surface area (Å²) in [6.45, 7) is 4.34. The van der Waals surface area contributed by atoms with Crippen LogP contribution >= 0.6 is 11.8 Å². The zero-order valence-electron chi connectivity index (χ0n) is 17.5. The molecule has 8 heteroatoms. The van der Waals surface area contributed by atoms with Crippen molar-refractivity contribution in [3.8, 4) is 11.6 Å². The van der Waals surface area contributed by atoms with Gasteiger partial charge in [-0.2, -0.15) is 0 Å². The van der Waals surface area contributed by atoms with E-state index in [0.29, 0.717) is 23.3 Å². The normalized spacial score (nSPS) is 15.1. The summed E-state index contributed by atoms with van der Waals surface area (Å²) in [6.07, 6.45) is 5.75. The molecule has 1 fully saturated rings. The summed E-state index contributed by atoms with van der Waals surface area (Å²) >= 11 is 1.44. The zero-order chi connectivity index (χ0) is 21.2. The van der Waals surface area contributed by atoms with E-state index in [4.69, 9.17) is 4.42 Å². The molecule has 0 atom stereocenters. The molecule has 0 saturated carbocycles. The number of thioether (sulfide) groups is 1. The van der Waals surface area contributed by atoms with Crippen molar-refractivity contribution in [2.45, 2.75) is 37.4 Å². The maximum absolute atomic E-state index is 12.8. The number of benzene rings is 1. The van der Waals surface area contributed by atoms with Gasteiger partial charge in [-0.05, 0) is 49.4 Å². The summed E-state index contributed by atoms with van der Waals surface area (Å²) < 4.78 is 7.44. The first-order valence-corrected chi connectivity index (χ1v) is 11.7. The first-order valence-electron chi connectivity index (χ1n) is 10.7. The maximum Gasteiger partial charge on any atom is 0.233 e. The van der Waals surface area contributed by atoms with E-state index in [2.05, 4.69) is 45.6 Å². The topological polar surface area (TPSA) is 80.0 Å². The minimum absolute atomic E-state index is 0.160. The van der Waals surface area contributed by atoms with Crippen molar-refractivity contribution in [3.63, 3.8) is 0 Å². The number of carbonyl (C=O) groups is 1. The van der Waals surface area contributed by atoms with E-state index in [-0.39, 0.29) is 5.91 Å². The van der Waals surface area contributed by atoms with Gasteiger partial charge in [0.25, 0.3) is 0 Å². The molecule has 160 valence electrons. The van der Waals surface area contributed by atoms with Gasteiger partial charge in [0.2, 0.25) is 5.91 Å². The van der Waals surface area contributed by atoms with Gasteiger partial charge in [-0.15, -0.1) is 10.2 Å². The van der Waals surface area contributed by atoms with Crippen LogP contribution in [0.2, 0.25) is 0 Å². The maximum atomic E-state index is 12.8. The minimum atomic E-state index is 0.160. The molecule has 0 radical (unpaired) electrons. The molecule has 4 aromatic rings. The Balaban J connectivity index is 1.19. The number of piperidine rings is 1. The fourth-order valence-electron chi connectivity index (χ4n) is 4.36. The number of amides is 1. The lowest BCUT2D eigenvalue weighted by molar-refractivity contribution is -0.129. The minimum Gasteiger partial charge on any atom is -0.461 e. The summed E-state index contributed by atoms with van der Waals surface area (Å²) in [5.41, 5.74) is 2.56. The monoisotopic (exact) mass is 435 g/mol. The highest BCUT2D eigenvalue weighted by molar-refractivity contribution is 7.99. The Kier molecular flexibility index (Phi) is 5.55. The van der Waals surface area contributed by atoms with Gasteiger partial charge in [0.05, 0.1) is 12.0 Å². The number of furan rings is 1. The quantitative estimate of drug-likeness (QED) is 0.450. The van der Waals surface area contributed by atoms with Gasteiger partial charge in [-0.25, -0.2) is 0 Å². The SMILES string of the molecule is CCn1c(SCC(=O)N2CCC(c3c[nH]c4ccccc34)CC2)nnc1-c1ccco1. The van der Waals surface area contributed by atoms with Gasteiger partial charge in [-0.3, -0.25) is 9.36 Å². The first kappa shape index (κ1) is 19.9. The molecule has 1 saturated heterocycles. The number of rotatable bonds is 6. The van der Waals surface area contributed by atoms with E-state index in [9.17, 15) is 4.79 Å². The van der Waals surface area contributed by atoms with Crippen molar-refractivity contribution in [2.75, 3.05) is 18.8 Å². The fraction of sp³-hybridized carbons (Fsp3) is 0.348. The molecule has 4 heterocycles. The van der Waals surface area contributed by atoms with Crippen molar-refractivity contribution < 1.29 is 9.21 Å². The third-order valence-electron chi connectivity index (χ3n) is 6.01. The molecule has 5 rings (SSSR count). The van der Waals surface area contributed by atoms with E-state index in [1.54, 1.807) is 6.26 Å². The second-order valence-corrected chi connectivity index (χ2v) is 8.70. The van der Waals surface area contributed by atoms with E-state index < -0.39 is 0 Å². The summed E-state index contributed by atoms with van der Waals surface area (Å²) in [5.74, 6) is 2.40. The molecule has 3 aromatic heterocycles. The molecule has 0 unspecified atom stereocenters. The standard InChI is InChI=1S/C23H25N5O2S/c1-2-28-22(20-8-5-13-30-20)25-26-23(28)31-15-21(29)27-11-9-16(10-12-27)18-14-24-19-7-4-3-6-17(18)19/h3-8,13-14,16,24H,2,9-12,15H2,1H3. The molecule has 1 amide bonds. The number of para-hydroxylation sites is 1. The van der Waals surface area contributed by atoms with Crippen molar-refractivity contribution in [1.29, 1.82) is 0 Å². The Labute approximate surface area is 184 Å². The van der Waals surface area contributed by atoms with Crippen LogP contribution in [-0.2, 0) is 11.3 Å². The van der Waals surface area contributed by atoms with Gasteiger partial charge < -0.3 is 14.3 Å². The van der Waals surface area contributed by atoms with E-state index in [1.165, 1.54) is 28.2 Å². The van der Waals surface area contributed by atoms with Crippen molar-refractivity contribution in [2.24, 2.45) is 0 Å². The van der Waals surface area contributed by atoms with Crippen molar-refractivity contribution >= 4 is 28.6 Å². The predicted octanol–water partition coefficient (Wildman–Crippen LogP) is 4.54. The molecule has 0 spiro atoms.